The van der Waals surface area contributed by atoms with E-state index in [4.69, 9.17) is 0 Å². The van der Waals surface area contributed by atoms with Crippen LogP contribution in [-0.4, -0.2) is 4.57 Å². The van der Waals surface area contributed by atoms with E-state index in [2.05, 4.69) is 254 Å². The van der Waals surface area contributed by atoms with Gasteiger partial charge < -0.3 is 9.47 Å². The van der Waals surface area contributed by atoms with Crippen molar-refractivity contribution in [2.75, 3.05) is 4.90 Å². The fraction of sp³-hybridized carbons (Fsp3) is 0.0492. The van der Waals surface area contributed by atoms with Crippen LogP contribution >= 0.6 is 0 Å². The topological polar surface area (TPSA) is 8.17 Å². The lowest BCUT2D eigenvalue weighted by Crippen LogP contribution is -2.16. The lowest BCUT2D eigenvalue weighted by atomic mass is 9.82. The Hall–Kier alpha value is -7.94. The molecule has 0 unspecified atom stereocenters. The average molecular weight is 805 g/mol. The molecule has 12 rings (SSSR count). The van der Waals surface area contributed by atoms with E-state index in [1.807, 2.05) is 0 Å². The molecule has 0 saturated heterocycles. The molecule has 63 heavy (non-hydrogen) atoms. The maximum Gasteiger partial charge on any atom is 0.0541 e. The minimum Gasteiger partial charge on any atom is -0.310 e. The van der Waals surface area contributed by atoms with Gasteiger partial charge in [-0.3, -0.25) is 0 Å². The van der Waals surface area contributed by atoms with Crippen LogP contribution in [0.1, 0.15) is 25.0 Å². The third-order valence-electron chi connectivity index (χ3n) is 13.4. The quantitative estimate of drug-likeness (QED) is 0.156. The molecule has 1 aliphatic carbocycles. The second-order valence-corrected chi connectivity index (χ2v) is 17.3. The Balaban J connectivity index is 1.05. The van der Waals surface area contributed by atoms with Gasteiger partial charge in [-0.25, -0.2) is 0 Å². The zero-order chi connectivity index (χ0) is 42.1. The highest BCUT2D eigenvalue weighted by Crippen LogP contribution is 2.51. The zero-order valence-corrected chi connectivity index (χ0v) is 35.3. The number of nitrogens with zero attached hydrogens (tertiary/aromatic N) is 2. The SMILES string of the molecule is CC1(C)c2ccccc2-c2ccc(N(c3ccc(-c4cccc5c(-n6c7ccccc7c7ccccc76)ccc(-c6ccccc6)c45)cc3)c3ccccc3-c3ccccc3)cc21. The van der Waals surface area contributed by atoms with Crippen molar-refractivity contribution < 1.29 is 0 Å². The summed E-state index contributed by atoms with van der Waals surface area (Å²) in [6.07, 6.45) is 0. The van der Waals surface area contributed by atoms with Crippen molar-refractivity contribution in [2.45, 2.75) is 19.3 Å². The highest BCUT2D eigenvalue weighted by Gasteiger charge is 2.36. The predicted octanol–water partition coefficient (Wildman–Crippen LogP) is 16.7. The molecule has 0 atom stereocenters. The third-order valence-corrected chi connectivity index (χ3v) is 13.4. The number of hydrogen-bond donors (Lipinski definition) is 0. The van der Waals surface area contributed by atoms with Gasteiger partial charge in [0, 0.05) is 38.5 Å². The number of benzene rings is 10. The molecule has 11 aromatic rings. The lowest BCUT2D eigenvalue weighted by Gasteiger charge is -2.30. The summed E-state index contributed by atoms with van der Waals surface area (Å²) in [5.41, 5.74) is 19.4. The number of aromatic nitrogens is 1. The Labute approximate surface area is 368 Å². The highest BCUT2D eigenvalue weighted by molar-refractivity contribution is 6.14. The van der Waals surface area contributed by atoms with Crippen LogP contribution in [0.3, 0.4) is 0 Å². The van der Waals surface area contributed by atoms with Gasteiger partial charge in [0.1, 0.15) is 0 Å². The molecule has 2 nitrogen and oxygen atoms in total. The van der Waals surface area contributed by atoms with E-state index in [1.165, 1.54) is 93.9 Å². The fourth-order valence-electron chi connectivity index (χ4n) is 10.4. The van der Waals surface area contributed by atoms with Crippen molar-refractivity contribution in [1.82, 2.24) is 4.57 Å². The van der Waals surface area contributed by atoms with Gasteiger partial charge in [-0.1, -0.05) is 196 Å². The van der Waals surface area contributed by atoms with Gasteiger partial charge in [-0.05, 0) is 104 Å². The van der Waals surface area contributed by atoms with Crippen molar-refractivity contribution in [3.05, 3.63) is 242 Å². The van der Waals surface area contributed by atoms with Gasteiger partial charge in [0.05, 0.1) is 22.4 Å². The van der Waals surface area contributed by atoms with E-state index in [-0.39, 0.29) is 5.41 Å². The van der Waals surface area contributed by atoms with Crippen molar-refractivity contribution in [1.29, 1.82) is 0 Å². The summed E-state index contributed by atoms with van der Waals surface area (Å²) in [6.45, 7) is 4.72. The first-order valence-electron chi connectivity index (χ1n) is 21.9. The summed E-state index contributed by atoms with van der Waals surface area (Å²) in [7, 11) is 0. The number of hydrogen-bond acceptors (Lipinski definition) is 1. The molecule has 0 spiro atoms. The van der Waals surface area contributed by atoms with E-state index in [0.717, 1.165) is 17.1 Å². The van der Waals surface area contributed by atoms with Gasteiger partial charge in [0.25, 0.3) is 0 Å². The molecular weight excluding hydrogens is 761 g/mol. The first-order chi connectivity index (χ1) is 31.0. The Bertz CT molecular complexity index is 3470. The van der Waals surface area contributed by atoms with Crippen LogP contribution in [0, 0.1) is 0 Å². The molecule has 0 fully saturated rings. The first-order valence-corrected chi connectivity index (χ1v) is 21.9. The Kier molecular flexibility index (Phi) is 8.55. The highest BCUT2D eigenvalue weighted by atomic mass is 15.1. The third kappa shape index (κ3) is 5.86. The lowest BCUT2D eigenvalue weighted by molar-refractivity contribution is 0.660. The van der Waals surface area contributed by atoms with Crippen molar-refractivity contribution in [2.24, 2.45) is 0 Å². The maximum atomic E-state index is 2.45. The number of rotatable bonds is 7. The van der Waals surface area contributed by atoms with E-state index in [9.17, 15) is 0 Å². The molecule has 0 saturated carbocycles. The van der Waals surface area contributed by atoms with Crippen LogP contribution in [0.25, 0.3) is 82.8 Å². The summed E-state index contributed by atoms with van der Waals surface area (Å²) in [6, 6.07) is 84.6. The molecule has 0 bridgehead atoms. The summed E-state index contributed by atoms with van der Waals surface area (Å²) in [5, 5.41) is 4.97. The normalized spacial score (nSPS) is 12.7. The molecule has 1 aromatic heterocycles. The molecule has 298 valence electrons. The van der Waals surface area contributed by atoms with Crippen LogP contribution in [0.4, 0.5) is 17.1 Å². The van der Waals surface area contributed by atoms with Crippen LogP contribution in [0.2, 0.25) is 0 Å². The molecule has 1 aliphatic rings. The Morgan fingerprint density at radius 2 is 0.841 bits per heavy atom. The Morgan fingerprint density at radius 3 is 1.56 bits per heavy atom. The minimum atomic E-state index is -0.126. The van der Waals surface area contributed by atoms with Crippen molar-refractivity contribution in [3.63, 3.8) is 0 Å². The van der Waals surface area contributed by atoms with Crippen LogP contribution in [0.5, 0.6) is 0 Å². The van der Waals surface area contributed by atoms with Crippen LogP contribution in [-0.2, 0) is 5.41 Å². The summed E-state index contributed by atoms with van der Waals surface area (Å²) in [4.78, 5) is 2.45. The molecule has 2 heteroatoms. The number of fused-ring (bicyclic) bond motifs is 7. The number of para-hydroxylation sites is 3. The Morgan fingerprint density at radius 1 is 0.349 bits per heavy atom. The molecule has 0 amide bonds. The molecule has 1 heterocycles. The van der Waals surface area contributed by atoms with E-state index in [0.29, 0.717) is 0 Å². The summed E-state index contributed by atoms with van der Waals surface area (Å²) < 4.78 is 2.45. The standard InChI is InChI=1S/C61H44N2/c1-61(2)54-28-13-9-23-49(54)50-37-36-45(40-55(50)61)62(56-29-14-10-22-46(56)41-18-5-3-6-19-41)44-34-32-43(33-35-44)47-26-17-27-53-59(39-38-48(60(47)53)42-20-7-4-8-21-42)63-57-30-15-11-24-51(57)52-25-12-16-31-58(52)63/h3-40H,1-2H3. The monoisotopic (exact) mass is 804 g/mol. The zero-order valence-electron chi connectivity index (χ0n) is 35.3. The van der Waals surface area contributed by atoms with Gasteiger partial charge in [-0.15, -0.1) is 0 Å². The smallest absolute Gasteiger partial charge is 0.0541 e. The fourth-order valence-corrected chi connectivity index (χ4v) is 10.4. The molecule has 0 aliphatic heterocycles. The van der Waals surface area contributed by atoms with Crippen molar-refractivity contribution in [3.8, 4) is 50.2 Å². The van der Waals surface area contributed by atoms with E-state index < -0.39 is 0 Å². The molecular formula is C61H44N2. The second-order valence-electron chi connectivity index (χ2n) is 17.3. The largest absolute Gasteiger partial charge is 0.310 e. The van der Waals surface area contributed by atoms with Gasteiger partial charge in [-0.2, -0.15) is 0 Å². The predicted molar refractivity (Wildman–Crippen MR) is 267 cm³/mol. The van der Waals surface area contributed by atoms with Gasteiger partial charge >= 0.3 is 0 Å². The van der Waals surface area contributed by atoms with Crippen molar-refractivity contribution >= 4 is 49.6 Å². The molecule has 0 N–H and O–H groups in total. The van der Waals surface area contributed by atoms with Gasteiger partial charge in [0.15, 0.2) is 0 Å². The molecule has 10 aromatic carbocycles. The average Bonchev–Trinajstić information content (AvgIpc) is 3.80. The van der Waals surface area contributed by atoms with Crippen LogP contribution in [0.15, 0.2) is 231 Å². The summed E-state index contributed by atoms with van der Waals surface area (Å²) in [5.74, 6) is 0. The first kappa shape index (κ1) is 36.9. The second kappa shape index (κ2) is 14.6. The number of anilines is 3. The minimum absolute atomic E-state index is 0.126. The van der Waals surface area contributed by atoms with E-state index >= 15 is 0 Å². The maximum absolute atomic E-state index is 2.45. The summed E-state index contributed by atoms with van der Waals surface area (Å²) >= 11 is 0. The molecule has 0 radical (unpaired) electrons. The van der Waals surface area contributed by atoms with Crippen LogP contribution < -0.4 is 4.90 Å². The van der Waals surface area contributed by atoms with E-state index in [1.54, 1.807) is 0 Å². The van der Waals surface area contributed by atoms with Gasteiger partial charge in [0.2, 0.25) is 0 Å².